The Morgan fingerprint density at radius 3 is 2.90 bits per heavy atom. The molecule has 0 saturated carbocycles. The van der Waals surface area contributed by atoms with Crippen LogP contribution >= 0.6 is 23.2 Å². The first-order chi connectivity index (χ1) is 9.70. The van der Waals surface area contributed by atoms with E-state index in [-0.39, 0.29) is 6.04 Å². The minimum absolute atomic E-state index is 0.0479. The first-order valence-electron chi connectivity index (χ1n) is 6.46. The van der Waals surface area contributed by atoms with Crippen LogP contribution in [-0.2, 0) is 6.42 Å². The Morgan fingerprint density at radius 2 is 2.20 bits per heavy atom. The van der Waals surface area contributed by atoms with Crippen LogP contribution in [0.3, 0.4) is 0 Å². The summed E-state index contributed by atoms with van der Waals surface area (Å²) in [6.45, 7) is 2.08. The summed E-state index contributed by atoms with van der Waals surface area (Å²) in [6.07, 6.45) is 2.39. The van der Waals surface area contributed by atoms with Gasteiger partial charge in [0.25, 0.3) is 0 Å². The number of hydrogen-bond acceptors (Lipinski definition) is 2. The van der Waals surface area contributed by atoms with Gasteiger partial charge in [0.2, 0.25) is 0 Å². The summed E-state index contributed by atoms with van der Waals surface area (Å²) < 4.78 is 7.66. The highest BCUT2D eigenvalue weighted by Gasteiger charge is 2.18. The number of furan rings is 1. The molecule has 0 spiro atoms. The third-order valence-corrected chi connectivity index (χ3v) is 3.81. The van der Waals surface area contributed by atoms with Crippen LogP contribution in [0.15, 0.2) is 41.0 Å². The van der Waals surface area contributed by atoms with Crippen LogP contribution in [-0.4, -0.2) is 15.4 Å². The van der Waals surface area contributed by atoms with Gasteiger partial charge in [0.1, 0.15) is 11.6 Å². The van der Waals surface area contributed by atoms with Crippen LogP contribution in [0, 0.1) is 0 Å². The molecule has 104 valence electrons. The molecule has 1 atom stereocenters. The normalized spacial score (nSPS) is 12.9. The summed E-state index contributed by atoms with van der Waals surface area (Å²) in [7, 11) is 0. The molecule has 3 nitrogen and oxygen atoms in total. The first kappa shape index (κ1) is 13.5. The maximum absolute atomic E-state index is 6.12. The summed E-state index contributed by atoms with van der Waals surface area (Å²) >= 11 is 12.0. The first-order valence-corrected chi connectivity index (χ1v) is 7.37. The Hall–Kier alpha value is -1.45. The molecule has 0 saturated heterocycles. The number of alkyl halides is 1. The summed E-state index contributed by atoms with van der Waals surface area (Å²) in [6, 6.07) is 9.61. The molecule has 0 aliphatic heterocycles. The molecule has 1 unspecified atom stereocenters. The third kappa shape index (κ3) is 2.32. The number of rotatable bonds is 4. The van der Waals surface area contributed by atoms with E-state index >= 15 is 0 Å². The molecule has 5 heteroatoms. The van der Waals surface area contributed by atoms with E-state index in [0.717, 1.165) is 22.6 Å². The molecule has 3 rings (SSSR count). The second kappa shape index (κ2) is 5.51. The van der Waals surface area contributed by atoms with E-state index in [0.29, 0.717) is 17.3 Å². The van der Waals surface area contributed by atoms with Crippen molar-refractivity contribution in [3.05, 3.63) is 53.2 Å². The summed E-state index contributed by atoms with van der Waals surface area (Å²) in [4.78, 5) is 4.65. The van der Waals surface area contributed by atoms with Crippen molar-refractivity contribution < 1.29 is 4.42 Å². The molecule has 0 aliphatic carbocycles. The van der Waals surface area contributed by atoms with Crippen LogP contribution in [0.1, 0.15) is 24.6 Å². The number of aryl methyl sites for hydroxylation is 1. The smallest absolute Gasteiger partial charge is 0.126 e. The van der Waals surface area contributed by atoms with Gasteiger partial charge >= 0.3 is 0 Å². The van der Waals surface area contributed by atoms with Crippen LogP contribution in [0.4, 0.5) is 0 Å². The van der Waals surface area contributed by atoms with Crippen molar-refractivity contribution in [1.82, 2.24) is 9.55 Å². The standard InChI is InChI=1S/C15H14Cl2N2O/c1-10(14-3-2-8-20-14)19-13-9-11(17)4-5-12(13)18-15(19)6-7-16/h2-5,8-10H,6-7H2,1H3. The number of hydrogen-bond donors (Lipinski definition) is 0. The van der Waals surface area contributed by atoms with E-state index in [2.05, 4.69) is 16.5 Å². The Morgan fingerprint density at radius 1 is 1.35 bits per heavy atom. The minimum Gasteiger partial charge on any atom is -0.467 e. The third-order valence-electron chi connectivity index (χ3n) is 3.38. The Balaban J connectivity index is 2.19. The lowest BCUT2D eigenvalue weighted by atomic mass is 10.2. The Kier molecular flexibility index (Phi) is 3.72. The molecule has 0 N–H and O–H groups in total. The van der Waals surface area contributed by atoms with E-state index in [1.54, 1.807) is 6.26 Å². The minimum atomic E-state index is 0.0479. The molecule has 0 amide bonds. The molecular formula is C15H14Cl2N2O. The Bertz CT molecular complexity index is 719. The predicted molar refractivity (Wildman–Crippen MR) is 81.7 cm³/mol. The SMILES string of the molecule is CC(c1ccco1)n1c(CCCl)nc2ccc(Cl)cc21. The van der Waals surface area contributed by atoms with Crippen molar-refractivity contribution >= 4 is 34.2 Å². The summed E-state index contributed by atoms with van der Waals surface area (Å²) in [5, 5.41) is 0.697. The summed E-state index contributed by atoms with van der Waals surface area (Å²) in [5.41, 5.74) is 1.93. The molecule has 0 aliphatic rings. The van der Waals surface area contributed by atoms with Gasteiger partial charge in [0.15, 0.2) is 0 Å². The summed E-state index contributed by atoms with van der Waals surface area (Å²) in [5.74, 6) is 2.36. The average Bonchev–Trinajstić information content (AvgIpc) is 3.05. The lowest BCUT2D eigenvalue weighted by Crippen LogP contribution is -2.10. The van der Waals surface area contributed by atoms with Crippen molar-refractivity contribution in [2.24, 2.45) is 0 Å². The zero-order valence-electron chi connectivity index (χ0n) is 11.0. The van der Waals surface area contributed by atoms with Crippen molar-refractivity contribution in [3.8, 4) is 0 Å². The van der Waals surface area contributed by atoms with Gasteiger partial charge in [0.05, 0.1) is 23.3 Å². The Labute approximate surface area is 127 Å². The zero-order valence-corrected chi connectivity index (χ0v) is 12.5. The number of benzene rings is 1. The molecule has 0 fully saturated rings. The molecule has 2 heterocycles. The van der Waals surface area contributed by atoms with Gasteiger partial charge in [-0.05, 0) is 37.3 Å². The number of imidazole rings is 1. The number of aromatic nitrogens is 2. The van der Waals surface area contributed by atoms with Crippen LogP contribution in [0.25, 0.3) is 11.0 Å². The average molecular weight is 309 g/mol. The fourth-order valence-corrected chi connectivity index (χ4v) is 2.80. The highest BCUT2D eigenvalue weighted by atomic mass is 35.5. The predicted octanol–water partition coefficient (Wildman–Crippen LogP) is 4.67. The van der Waals surface area contributed by atoms with E-state index in [1.807, 2.05) is 30.3 Å². The second-order valence-corrected chi connectivity index (χ2v) is 5.48. The molecular weight excluding hydrogens is 295 g/mol. The van der Waals surface area contributed by atoms with Crippen molar-refractivity contribution in [1.29, 1.82) is 0 Å². The van der Waals surface area contributed by atoms with Gasteiger partial charge in [-0.15, -0.1) is 11.6 Å². The maximum Gasteiger partial charge on any atom is 0.126 e. The maximum atomic E-state index is 6.12. The van der Waals surface area contributed by atoms with E-state index in [9.17, 15) is 0 Å². The fraction of sp³-hybridized carbons (Fsp3) is 0.267. The van der Waals surface area contributed by atoms with E-state index in [1.165, 1.54) is 0 Å². The van der Waals surface area contributed by atoms with Crippen LogP contribution in [0.5, 0.6) is 0 Å². The van der Waals surface area contributed by atoms with Gasteiger partial charge in [-0.2, -0.15) is 0 Å². The molecule has 0 radical (unpaired) electrons. The van der Waals surface area contributed by atoms with Crippen molar-refractivity contribution in [2.75, 3.05) is 5.88 Å². The monoisotopic (exact) mass is 308 g/mol. The van der Waals surface area contributed by atoms with Crippen LogP contribution in [0.2, 0.25) is 5.02 Å². The molecule has 2 aromatic heterocycles. The van der Waals surface area contributed by atoms with E-state index < -0.39 is 0 Å². The van der Waals surface area contributed by atoms with Crippen molar-refractivity contribution in [3.63, 3.8) is 0 Å². The topological polar surface area (TPSA) is 31.0 Å². The highest BCUT2D eigenvalue weighted by molar-refractivity contribution is 6.31. The molecule has 20 heavy (non-hydrogen) atoms. The molecule has 1 aromatic carbocycles. The lowest BCUT2D eigenvalue weighted by molar-refractivity contribution is 0.445. The quantitative estimate of drug-likeness (QED) is 0.656. The molecule has 0 bridgehead atoms. The zero-order chi connectivity index (χ0) is 14.1. The van der Waals surface area contributed by atoms with Crippen molar-refractivity contribution in [2.45, 2.75) is 19.4 Å². The van der Waals surface area contributed by atoms with Gasteiger partial charge in [-0.25, -0.2) is 4.98 Å². The van der Waals surface area contributed by atoms with E-state index in [4.69, 9.17) is 27.6 Å². The van der Waals surface area contributed by atoms with Gasteiger partial charge in [-0.1, -0.05) is 11.6 Å². The molecule has 3 aromatic rings. The number of halogens is 2. The number of fused-ring (bicyclic) bond motifs is 1. The lowest BCUT2D eigenvalue weighted by Gasteiger charge is -2.15. The van der Waals surface area contributed by atoms with Crippen LogP contribution < -0.4 is 0 Å². The van der Waals surface area contributed by atoms with Gasteiger partial charge in [0, 0.05) is 17.3 Å². The highest BCUT2D eigenvalue weighted by Crippen LogP contribution is 2.28. The largest absolute Gasteiger partial charge is 0.467 e. The van der Waals surface area contributed by atoms with Gasteiger partial charge < -0.3 is 8.98 Å². The number of nitrogens with zero attached hydrogens (tertiary/aromatic N) is 2. The fourth-order valence-electron chi connectivity index (χ4n) is 2.47. The second-order valence-electron chi connectivity index (χ2n) is 4.66. The van der Waals surface area contributed by atoms with Gasteiger partial charge in [-0.3, -0.25) is 0 Å².